The number of amides is 1. The zero-order valence-corrected chi connectivity index (χ0v) is 15.0. The van der Waals surface area contributed by atoms with Crippen LogP contribution in [-0.2, 0) is 10.5 Å². The molecule has 0 fully saturated rings. The number of aryl methyl sites for hydroxylation is 1. The number of anilines is 1. The summed E-state index contributed by atoms with van der Waals surface area (Å²) in [7, 11) is 0. The van der Waals surface area contributed by atoms with Crippen molar-refractivity contribution >= 4 is 50.6 Å². The van der Waals surface area contributed by atoms with Gasteiger partial charge in [0.1, 0.15) is 5.01 Å². The number of thiazole rings is 1. The molecule has 1 heterocycles. The van der Waals surface area contributed by atoms with Gasteiger partial charge in [-0.15, -0.1) is 23.1 Å². The summed E-state index contributed by atoms with van der Waals surface area (Å²) in [6.45, 7) is 1.80. The number of nitrogens with one attached hydrogen (secondary N) is 1. The zero-order chi connectivity index (χ0) is 17.8. The Kier molecular flexibility index (Phi) is 5.30. The Balaban J connectivity index is 1.56. The lowest BCUT2D eigenvalue weighted by atomic mass is 10.2. The molecule has 1 amide bonds. The number of thioether (sulfide) groups is 1. The lowest BCUT2D eigenvalue weighted by Crippen LogP contribution is -2.15. The van der Waals surface area contributed by atoms with Crippen molar-refractivity contribution in [1.82, 2.24) is 4.98 Å². The quantitative estimate of drug-likeness (QED) is 0.512. The molecule has 1 N–H and O–H groups in total. The summed E-state index contributed by atoms with van der Waals surface area (Å²) in [6.07, 6.45) is 0. The first-order valence-electron chi connectivity index (χ1n) is 7.50. The van der Waals surface area contributed by atoms with Crippen molar-refractivity contribution in [3.05, 3.63) is 63.1 Å². The number of hydrogen-bond donors (Lipinski definition) is 1. The largest absolute Gasteiger partial charge is 0.325 e. The van der Waals surface area contributed by atoms with Crippen LogP contribution in [0, 0.1) is 17.0 Å². The van der Waals surface area contributed by atoms with Crippen LogP contribution in [0.15, 0.2) is 42.5 Å². The Bertz CT molecular complexity index is 907. The first-order valence-corrected chi connectivity index (χ1v) is 9.47. The van der Waals surface area contributed by atoms with E-state index in [0.717, 1.165) is 20.8 Å². The first kappa shape index (κ1) is 17.4. The molecule has 6 nitrogen and oxygen atoms in total. The number of rotatable bonds is 6. The highest BCUT2D eigenvalue weighted by Gasteiger charge is 2.11. The van der Waals surface area contributed by atoms with Gasteiger partial charge in [-0.3, -0.25) is 14.9 Å². The Labute approximate surface area is 152 Å². The lowest BCUT2D eigenvalue weighted by Gasteiger charge is -2.07. The molecule has 0 bridgehead atoms. The molecule has 128 valence electrons. The molecular weight excluding hydrogens is 358 g/mol. The smallest absolute Gasteiger partial charge is 0.271 e. The molecule has 0 aliphatic carbocycles. The Morgan fingerprint density at radius 2 is 2.12 bits per heavy atom. The van der Waals surface area contributed by atoms with Crippen molar-refractivity contribution < 1.29 is 9.72 Å². The second kappa shape index (κ2) is 7.62. The number of nitro groups is 1. The van der Waals surface area contributed by atoms with Gasteiger partial charge in [-0.25, -0.2) is 4.98 Å². The van der Waals surface area contributed by atoms with E-state index in [9.17, 15) is 14.9 Å². The van der Waals surface area contributed by atoms with E-state index in [1.54, 1.807) is 24.3 Å². The topological polar surface area (TPSA) is 85.1 Å². The molecule has 0 aliphatic heterocycles. The minimum absolute atomic E-state index is 0.0389. The van der Waals surface area contributed by atoms with Crippen LogP contribution in [-0.4, -0.2) is 21.6 Å². The van der Waals surface area contributed by atoms with E-state index in [4.69, 9.17) is 0 Å². The third-order valence-corrected chi connectivity index (χ3v) is 5.67. The average Bonchev–Trinajstić information content (AvgIpc) is 2.99. The van der Waals surface area contributed by atoms with E-state index in [-0.39, 0.29) is 17.3 Å². The van der Waals surface area contributed by atoms with Crippen LogP contribution in [0.5, 0.6) is 0 Å². The van der Waals surface area contributed by atoms with Crippen LogP contribution >= 0.6 is 23.1 Å². The normalized spacial score (nSPS) is 10.8. The van der Waals surface area contributed by atoms with E-state index in [1.165, 1.54) is 23.9 Å². The van der Waals surface area contributed by atoms with Crippen LogP contribution in [0.4, 0.5) is 11.4 Å². The van der Waals surface area contributed by atoms with Crippen molar-refractivity contribution in [3.8, 4) is 0 Å². The number of carbonyl (C=O) groups is 1. The fourth-order valence-corrected chi connectivity index (χ4v) is 4.10. The van der Waals surface area contributed by atoms with Crippen molar-refractivity contribution in [1.29, 1.82) is 0 Å². The number of aromatic nitrogens is 1. The fraction of sp³-hybridized carbons (Fsp3) is 0.176. The molecule has 0 saturated carbocycles. The van der Waals surface area contributed by atoms with Gasteiger partial charge in [0.05, 0.1) is 26.6 Å². The van der Waals surface area contributed by atoms with Crippen LogP contribution in [0.25, 0.3) is 10.2 Å². The van der Waals surface area contributed by atoms with Crippen LogP contribution < -0.4 is 5.32 Å². The fourth-order valence-electron chi connectivity index (χ4n) is 2.26. The number of benzene rings is 2. The summed E-state index contributed by atoms with van der Waals surface area (Å²) in [4.78, 5) is 27.0. The number of carbonyl (C=O) groups excluding carboxylic acids is 1. The molecule has 0 aliphatic rings. The van der Waals surface area contributed by atoms with Gasteiger partial charge in [0.25, 0.3) is 5.69 Å². The minimum atomic E-state index is -0.475. The number of hydrogen-bond acceptors (Lipinski definition) is 6. The highest BCUT2D eigenvalue weighted by molar-refractivity contribution is 7.99. The van der Waals surface area contributed by atoms with Crippen LogP contribution in [0.2, 0.25) is 0 Å². The molecule has 3 rings (SSSR count). The summed E-state index contributed by atoms with van der Waals surface area (Å²) < 4.78 is 1.13. The monoisotopic (exact) mass is 373 g/mol. The number of non-ortho nitro benzene ring substituents is 1. The van der Waals surface area contributed by atoms with Crippen molar-refractivity contribution in [2.45, 2.75) is 12.7 Å². The molecule has 2 aromatic carbocycles. The van der Waals surface area contributed by atoms with Gasteiger partial charge in [0, 0.05) is 17.9 Å². The van der Waals surface area contributed by atoms with E-state index < -0.39 is 4.92 Å². The molecule has 1 aromatic heterocycles. The highest BCUT2D eigenvalue weighted by Crippen LogP contribution is 2.25. The third kappa shape index (κ3) is 4.34. The van der Waals surface area contributed by atoms with Gasteiger partial charge >= 0.3 is 0 Å². The van der Waals surface area contributed by atoms with E-state index in [2.05, 4.69) is 10.3 Å². The Morgan fingerprint density at radius 1 is 1.32 bits per heavy atom. The van der Waals surface area contributed by atoms with E-state index in [0.29, 0.717) is 11.4 Å². The Hall–Kier alpha value is -2.45. The molecule has 3 aromatic rings. The third-order valence-electron chi connectivity index (χ3n) is 3.50. The van der Waals surface area contributed by atoms with Crippen LogP contribution in [0.3, 0.4) is 0 Å². The van der Waals surface area contributed by atoms with Crippen molar-refractivity contribution in [3.63, 3.8) is 0 Å². The summed E-state index contributed by atoms with van der Waals surface area (Å²) in [6, 6.07) is 12.4. The minimum Gasteiger partial charge on any atom is -0.325 e. The maximum absolute atomic E-state index is 12.1. The second-order valence-corrected chi connectivity index (χ2v) is 7.47. The number of para-hydroxylation sites is 1. The highest BCUT2D eigenvalue weighted by atomic mass is 32.2. The van der Waals surface area contributed by atoms with E-state index in [1.807, 2.05) is 24.3 Å². The molecule has 8 heteroatoms. The van der Waals surface area contributed by atoms with Gasteiger partial charge < -0.3 is 5.32 Å². The van der Waals surface area contributed by atoms with Gasteiger partial charge in [0.2, 0.25) is 5.91 Å². The van der Waals surface area contributed by atoms with E-state index >= 15 is 0 Å². The first-order chi connectivity index (χ1) is 12.0. The lowest BCUT2D eigenvalue weighted by molar-refractivity contribution is -0.384. The van der Waals surface area contributed by atoms with Gasteiger partial charge in [-0.05, 0) is 24.6 Å². The summed E-state index contributed by atoms with van der Waals surface area (Å²) in [5.74, 6) is 0.730. The standard InChI is InChI=1S/C17H15N3O3S2/c1-11-6-7-12(20(22)23)8-14(11)18-16(21)9-24-10-17-19-13-4-2-3-5-15(13)25-17/h2-8H,9-10H2,1H3,(H,18,21). The molecule has 0 spiro atoms. The summed E-state index contributed by atoms with van der Waals surface area (Å²) in [5, 5.41) is 14.6. The predicted octanol–water partition coefficient (Wildman–Crippen LogP) is 4.38. The molecular formula is C17H15N3O3S2. The second-order valence-electron chi connectivity index (χ2n) is 5.37. The Morgan fingerprint density at radius 3 is 2.88 bits per heavy atom. The summed E-state index contributed by atoms with van der Waals surface area (Å²) >= 11 is 3.09. The zero-order valence-electron chi connectivity index (χ0n) is 13.4. The molecule has 0 atom stereocenters. The van der Waals surface area contributed by atoms with Crippen molar-refractivity contribution in [2.75, 3.05) is 11.1 Å². The SMILES string of the molecule is Cc1ccc([N+](=O)[O-])cc1NC(=O)CSCc1nc2ccccc2s1. The molecule has 0 unspecified atom stereocenters. The maximum Gasteiger partial charge on any atom is 0.271 e. The maximum atomic E-state index is 12.1. The molecule has 25 heavy (non-hydrogen) atoms. The number of nitrogens with zero attached hydrogens (tertiary/aromatic N) is 2. The van der Waals surface area contributed by atoms with Gasteiger partial charge in [-0.1, -0.05) is 18.2 Å². The number of fused-ring (bicyclic) bond motifs is 1. The van der Waals surface area contributed by atoms with Crippen LogP contribution in [0.1, 0.15) is 10.6 Å². The van der Waals surface area contributed by atoms with Gasteiger partial charge in [0.15, 0.2) is 0 Å². The molecule has 0 saturated heterocycles. The number of nitro benzene ring substituents is 1. The summed E-state index contributed by atoms with van der Waals surface area (Å²) in [5.41, 5.74) is 2.19. The average molecular weight is 373 g/mol. The molecule has 0 radical (unpaired) electrons. The van der Waals surface area contributed by atoms with Crippen molar-refractivity contribution in [2.24, 2.45) is 0 Å². The van der Waals surface area contributed by atoms with Gasteiger partial charge in [-0.2, -0.15) is 0 Å². The predicted molar refractivity (Wildman–Crippen MR) is 102 cm³/mol.